The highest BCUT2D eigenvalue weighted by Crippen LogP contribution is 2.20. The zero-order valence-corrected chi connectivity index (χ0v) is 18.1. The van der Waals surface area contributed by atoms with E-state index in [1.807, 2.05) is 14.0 Å². The molecule has 2 aromatic rings. The SMILES string of the molecule is C=C(/N=C(\C)c1ccc(N2CCN(C)CC2)cc1)NC(C)c1cccc(NC)c1. The Hall–Kier alpha value is -2.79. The van der Waals surface area contributed by atoms with E-state index in [1.165, 1.54) is 11.3 Å². The fraction of sp³-hybridized carbons (Fsp3) is 0.375. The van der Waals surface area contributed by atoms with Gasteiger partial charge in [0.25, 0.3) is 0 Å². The Bertz CT molecular complexity index is 848. The summed E-state index contributed by atoms with van der Waals surface area (Å²) in [5.41, 5.74) is 5.66. The van der Waals surface area contributed by atoms with Crippen LogP contribution in [0.15, 0.2) is 65.9 Å². The molecule has 1 atom stereocenters. The maximum absolute atomic E-state index is 4.68. The number of benzene rings is 2. The number of piperazine rings is 1. The molecule has 5 nitrogen and oxygen atoms in total. The summed E-state index contributed by atoms with van der Waals surface area (Å²) in [6, 6.07) is 17.2. The summed E-state index contributed by atoms with van der Waals surface area (Å²) in [4.78, 5) is 9.50. The molecule has 2 N–H and O–H groups in total. The van der Waals surface area contributed by atoms with Crippen LogP contribution in [0.2, 0.25) is 0 Å². The van der Waals surface area contributed by atoms with E-state index in [9.17, 15) is 0 Å². The van der Waals surface area contributed by atoms with Crippen LogP contribution in [0.1, 0.15) is 31.0 Å². The van der Waals surface area contributed by atoms with Gasteiger partial charge >= 0.3 is 0 Å². The Labute approximate surface area is 175 Å². The number of hydrogen-bond acceptors (Lipinski definition) is 5. The molecule has 5 heteroatoms. The average molecular weight is 392 g/mol. The Kier molecular flexibility index (Phi) is 6.94. The molecular formula is C24H33N5. The fourth-order valence-corrected chi connectivity index (χ4v) is 3.57. The van der Waals surface area contributed by atoms with Crippen LogP contribution in [-0.2, 0) is 0 Å². The van der Waals surface area contributed by atoms with Gasteiger partial charge in [0.15, 0.2) is 0 Å². The Morgan fingerprint density at radius 2 is 1.76 bits per heavy atom. The predicted molar refractivity (Wildman–Crippen MR) is 125 cm³/mol. The number of rotatable bonds is 7. The highest BCUT2D eigenvalue weighted by atomic mass is 15.2. The second-order valence-electron chi connectivity index (χ2n) is 7.72. The Morgan fingerprint density at radius 3 is 2.41 bits per heavy atom. The molecular weight excluding hydrogens is 358 g/mol. The van der Waals surface area contributed by atoms with E-state index >= 15 is 0 Å². The molecule has 1 heterocycles. The van der Waals surface area contributed by atoms with Crippen molar-refractivity contribution in [2.45, 2.75) is 19.9 Å². The lowest BCUT2D eigenvalue weighted by Crippen LogP contribution is -2.44. The number of nitrogens with one attached hydrogen (secondary N) is 2. The predicted octanol–water partition coefficient (Wildman–Crippen LogP) is 4.11. The number of likely N-dealkylation sites (N-methyl/N-ethyl adjacent to an activating group) is 1. The van der Waals surface area contributed by atoms with E-state index in [0.717, 1.165) is 43.1 Å². The summed E-state index contributed by atoms with van der Waals surface area (Å²) >= 11 is 0. The lowest BCUT2D eigenvalue weighted by Gasteiger charge is -2.34. The van der Waals surface area contributed by atoms with Gasteiger partial charge in [-0.2, -0.15) is 0 Å². The third-order valence-corrected chi connectivity index (χ3v) is 5.51. The first-order valence-corrected chi connectivity index (χ1v) is 10.3. The minimum atomic E-state index is 0.131. The summed E-state index contributed by atoms with van der Waals surface area (Å²) in [6.07, 6.45) is 0. The van der Waals surface area contributed by atoms with E-state index in [-0.39, 0.29) is 6.04 Å². The molecule has 29 heavy (non-hydrogen) atoms. The van der Waals surface area contributed by atoms with Gasteiger partial charge in [-0.15, -0.1) is 0 Å². The molecule has 0 saturated carbocycles. The maximum Gasteiger partial charge on any atom is 0.119 e. The van der Waals surface area contributed by atoms with E-state index in [0.29, 0.717) is 5.82 Å². The standard InChI is InChI=1S/C24H33N5/c1-18(21-9-11-24(12-10-21)29-15-13-28(5)14-16-29)26-20(3)27-19(2)22-7-6-8-23(17-22)25-4/h6-12,17,19,25,27H,3,13-16H2,1-2,4-5H3/b26-18+. The first-order chi connectivity index (χ1) is 14.0. The highest BCUT2D eigenvalue weighted by molar-refractivity contribution is 5.99. The average Bonchev–Trinajstić information content (AvgIpc) is 2.74. The Morgan fingerprint density at radius 1 is 1.07 bits per heavy atom. The zero-order chi connectivity index (χ0) is 20.8. The van der Waals surface area contributed by atoms with Crippen molar-refractivity contribution in [3.63, 3.8) is 0 Å². The normalized spacial score (nSPS) is 16.4. The molecule has 0 spiro atoms. The summed E-state index contributed by atoms with van der Waals surface area (Å²) in [6.45, 7) is 12.6. The molecule has 0 amide bonds. The minimum Gasteiger partial charge on any atom is -0.388 e. The van der Waals surface area contributed by atoms with Gasteiger partial charge in [0.2, 0.25) is 0 Å². The van der Waals surface area contributed by atoms with Crippen molar-refractivity contribution >= 4 is 17.1 Å². The first kappa shape index (κ1) is 20.9. The maximum atomic E-state index is 4.68. The topological polar surface area (TPSA) is 42.9 Å². The van der Waals surface area contributed by atoms with Gasteiger partial charge in [-0.05, 0) is 56.3 Å². The van der Waals surface area contributed by atoms with Crippen LogP contribution in [-0.4, -0.2) is 50.9 Å². The summed E-state index contributed by atoms with van der Waals surface area (Å²) in [5.74, 6) is 0.674. The zero-order valence-electron chi connectivity index (χ0n) is 18.1. The van der Waals surface area contributed by atoms with Gasteiger partial charge in [-0.3, -0.25) is 0 Å². The van der Waals surface area contributed by atoms with Crippen molar-refractivity contribution in [2.24, 2.45) is 4.99 Å². The molecule has 0 aliphatic carbocycles. The molecule has 1 unspecified atom stereocenters. The van der Waals surface area contributed by atoms with Crippen LogP contribution >= 0.6 is 0 Å². The van der Waals surface area contributed by atoms with E-state index in [1.54, 1.807) is 0 Å². The van der Waals surface area contributed by atoms with Crippen molar-refractivity contribution in [3.8, 4) is 0 Å². The monoisotopic (exact) mass is 391 g/mol. The molecule has 1 aliphatic heterocycles. The van der Waals surface area contributed by atoms with Gasteiger partial charge in [-0.25, -0.2) is 4.99 Å². The smallest absolute Gasteiger partial charge is 0.119 e. The lowest BCUT2D eigenvalue weighted by atomic mass is 10.1. The lowest BCUT2D eigenvalue weighted by molar-refractivity contribution is 0.313. The molecule has 2 aromatic carbocycles. The second-order valence-corrected chi connectivity index (χ2v) is 7.72. The van der Waals surface area contributed by atoms with Crippen molar-refractivity contribution in [3.05, 3.63) is 72.1 Å². The fourth-order valence-electron chi connectivity index (χ4n) is 3.57. The highest BCUT2D eigenvalue weighted by Gasteiger charge is 2.14. The van der Waals surface area contributed by atoms with Gasteiger partial charge < -0.3 is 20.4 Å². The second kappa shape index (κ2) is 9.61. The number of nitrogens with zero attached hydrogens (tertiary/aromatic N) is 3. The number of hydrogen-bond donors (Lipinski definition) is 2. The van der Waals surface area contributed by atoms with Gasteiger partial charge in [0.05, 0.1) is 0 Å². The van der Waals surface area contributed by atoms with Gasteiger partial charge in [0.1, 0.15) is 5.82 Å². The van der Waals surface area contributed by atoms with Crippen molar-refractivity contribution in [2.75, 3.05) is 50.5 Å². The summed E-state index contributed by atoms with van der Waals surface area (Å²) in [5, 5.41) is 6.57. The molecule has 1 saturated heterocycles. The third-order valence-electron chi connectivity index (χ3n) is 5.51. The first-order valence-electron chi connectivity index (χ1n) is 10.3. The molecule has 0 bridgehead atoms. The Balaban J connectivity index is 1.61. The van der Waals surface area contributed by atoms with Gasteiger partial charge in [0, 0.05) is 56.4 Å². The minimum absolute atomic E-state index is 0.131. The summed E-state index contributed by atoms with van der Waals surface area (Å²) in [7, 11) is 4.11. The molecule has 0 aromatic heterocycles. The van der Waals surface area contributed by atoms with Crippen LogP contribution in [0, 0.1) is 0 Å². The van der Waals surface area contributed by atoms with Crippen LogP contribution in [0.4, 0.5) is 11.4 Å². The van der Waals surface area contributed by atoms with Crippen molar-refractivity contribution in [1.82, 2.24) is 10.2 Å². The van der Waals surface area contributed by atoms with Crippen LogP contribution < -0.4 is 15.5 Å². The largest absolute Gasteiger partial charge is 0.388 e. The van der Waals surface area contributed by atoms with Crippen LogP contribution in [0.3, 0.4) is 0 Å². The van der Waals surface area contributed by atoms with Crippen molar-refractivity contribution < 1.29 is 0 Å². The molecule has 154 valence electrons. The third kappa shape index (κ3) is 5.61. The van der Waals surface area contributed by atoms with E-state index in [2.05, 4.69) is 94.5 Å². The number of aliphatic imine (C=N–C) groups is 1. The van der Waals surface area contributed by atoms with E-state index < -0.39 is 0 Å². The van der Waals surface area contributed by atoms with Crippen LogP contribution in [0.5, 0.6) is 0 Å². The summed E-state index contributed by atoms with van der Waals surface area (Å²) < 4.78 is 0. The van der Waals surface area contributed by atoms with Crippen molar-refractivity contribution in [1.29, 1.82) is 0 Å². The quantitative estimate of drug-likeness (QED) is 0.697. The van der Waals surface area contributed by atoms with Gasteiger partial charge in [-0.1, -0.05) is 30.8 Å². The van der Waals surface area contributed by atoms with Crippen LogP contribution in [0.25, 0.3) is 0 Å². The number of anilines is 2. The molecule has 1 fully saturated rings. The molecule has 0 radical (unpaired) electrons. The molecule has 3 rings (SSSR count). The molecule has 1 aliphatic rings. The van der Waals surface area contributed by atoms with E-state index in [4.69, 9.17) is 0 Å².